The molecule has 0 aliphatic rings. The van der Waals surface area contributed by atoms with Gasteiger partial charge in [-0.05, 0) is 37.1 Å². The van der Waals surface area contributed by atoms with Gasteiger partial charge in [-0.3, -0.25) is 4.79 Å². The van der Waals surface area contributed by atoms with Gasteiger partial charge in [-0.15, -0.1) is 0 Å². The Labute approximate surface area is 111 Å². The van der Waals surface area contributed by atoms with Crippen molar-refractivity contribution in [2.45, 2.75) is 27.2 Å². The van der Waals surface area contributed by atoms with E-state index in [1.54, 1.807) is 0 Å². The summed E-state index contributed by atoms with van der Waals surface area (Å²) in [5.41, 5.74) is 9.90. The fourth-order valence-electron chi connectivity index (χ4n) is 2.05. The zero-order valence-electron chi connectivity index (χ0n) is 11.2. The van der Waals surface area contributed by atoms with Crippen LogP contribution in [0.5, 0.6) is 0 Å². The molecule has 0 atom stereocenters. The second-order valence-corrected chi connectivity index (χ2v) is 4.59. The van der Waals surface area contributed by atoms with Crippen LogP contribution in [0.3, 0.4) is 0 Å². The van der Waals surface area contributed by atoms with E-state index >= 15 is 0 Å². The molecule has 100 valence electrons. The van der Waals surface area contributed by atoms with Crippen LogP contribution in [0.1, 0.15) is 22.4 Å². The van der Waals surface area contributed by atoms with Gasteiger partial charge in [0.05, 0.1) is 6.42 Å². The predicted molar refractivity (Wildman–Crippen MR) is 71.7 cm³/mol. The summed E-state index contributed by atoms with van der Waals surface area (Å²) in [4.78, 5) is 11.9. The Kier molecular flexibility index (Phi) is 3.50. The van der Waals surface area contributed by atoms with Crippen LogP contribution in [0.4, 0.5) is 11.5 Å². The predicted octanol–water partition coefficient (Wildman–Crippen LogP) is 1.76. The van der Waals surface area contributed by atoms with E-state index in [1.165, 1.54) is 0 Å². The molecule has 6 nitrogen and oxygen atoms in total. The number of rotatable bonds is 3. The number of aryl methyl sites for hydroxylation is 3. The van der Waals surface area contributed by atoms with Gasteiger partial charge in [-0.1, -0.05) is 22.9 Å². The summed E-state index contributed by atoms with van der Waals surface area (Å²) < 4.78 is 4.45. The number of anilines is 2. The Morgan fingerprint density at radius 1 is 1.26 bits per heavy atom. The minimum atomic E-state index is -0.197. The number of benzene rings is 1. The van der Waals surface area contributed by atoms with Gasteiger partial charge < -0.3 is 11.1 Å². The van der Waals surface area contributed by atoms with E-state index in [9.17, 15) is 4.79 Å². The zero-order chi connectivity index (χ0) is 14.0. The fraction of sp³-hybridized carbons (Fsp3) is 0.308. The van der Waals surface area contributed by atoms with Gasteiger partial charge in [0, 0.05) is 5.69 Å². The average molecular weight is 260 g/mol. The van der Waals surface area contributed by atoms with Crippen LogP contribution in [0, 0.1) is 20.8 Å². The summed E-state index contributed by atoms with van der Waals surface area (Å²) in [7, 11) is 0. The molecule has 1 amide bonds. The smallest absolute Gasteiger partial charge is 0.230 e. The third-order valence-corrected chi connectivity index (χ3v) is 2.86. The highest BCUT2D eigenvalue weighted by molar-refractivity contribution is 5.94. The van der Waals surface area contributed by atoms with Crippen LogP contribution in [0.15, 0.2) is 16.8 Å². The molecule has 0 bridgehead atoms. The van der Waals surface area contributed by atoms with E-state index in [-0.39, 0.29) is 18.1 Å². The third-order valence-electron chi connectivity index (χ3n) is 2.86. The molecule has 1 aromatic heterocycles. The molecule has 0 saturated heterocycles. The largest absolute Gasteiger partial charge is 0.379 e. The first kappa shape index (κ1) is 13.1. The molecule has 2 rings (SSSR count). The maximum absolute atomic E-state index is 11.9. The molecular weight excluding hydrogens is 244 g/mol. The fourth-order valence-corrected chi connectivity index (χ4v) is 2.05. The molecule has 1 aromatic carbocycles. The van der Waals surface area contributed by atoms with Crippen molar-refractivity contribution >= 4 is 17.4 Å². The van der Waals surface area contributed by atoms with E-state index < -0.39 is 0 Å². The molecule has 0 aliphatic heterocycles. The minimum Gasteiger partial charge on any atom is -0.379 e. The monoisotopic (exact) mass is 260 g/mol. The minimum absolute atomic E-state index is 0.0437. The molecule has 19 heavy (non-hydrogen) atoms. The van der Waals surface area contributed by atoms with Crippen LogP contribution >= 0.6 is 0 Å². The van der Waals surface area contributed by atoms with Gasteiger partial charge in [0.1, 0.15) is 5.69 Å². The number of hydrogen-bond acceptors (Lipinski definition) is 5. The molecule has 3 N–H and O–H groups in total. The lowest BCUT2D eigenvalue weighted by molar-refractivity contribution is -0.115. The molecule has 0 aliphatic carbocycles. The van der Waals surface area contributed by atoms with Crippen molar-refractivity contribution in [3.63, 3.8) is 0 Å². The van der Waals surface area contributed by atoms with Crippen molar-refractivity contribution in [2.75, 3.05) is 11.1 Å². The van der Waals surface area contributed by atoms with Crippen molar-refractivity contribution in [1.29, 1.82) is 0 Å². The molecule has 0 unspecified atom stereocenters. The first-order valence-electron chi connectivity index (χ1n) is 5.92. The van der Waals surface area contributed by atoms with Gasteiger partial charge in [-0.2, -0.15) is 0 Å². The number of carbonyl (C=O) groups is 1. The molecule has 0 radical (unpaired) electrons. The number of hydrogen-bond donors (Lipinski definition) is 2. The maximum atomic E-state index is 11.9. The van der Waals surface area contributed by atoms with Crippen LogP contribution in [-0.4, -0.2) is 16.2 Å². The number of aromatic nitrogens is 2. The Balaban J connectivity index is 2.14. The van der Waals surface area contributed by atoms with E-state index in [0.29, 0.717) is 5.69 Å². The normalized spacial score (nSPS) is 10.5. The molecule has 0 fully saturated rings. The number of nitrogens with two attached hydrogens (primary N) is 1. The first-order chi connectivity index (χ1) is 8.97. The Hall–Kier alpha value is -2.37. The Morgan fingerprint density at radius 2 is 1.89 bits per heavy atom. The van der Waals surface area contributed by atoms with Crippen molar-refractivity contribution in [1.82, 2.24) is 10.3 Å². The van der Waals surface area contributed by atoms with Crippen molar-refractivity contribution in [3.05, 3.63) is 34.5 Å². The van der Waals surface area contributed by atoms with Crippen molar-refractivity contribution in [2.24, 2.45) is 0 Å². The lowest BCUT2D eigenvalue weighted by Gasteiger charge is -2.12. The van der Waals surface area contributed by atoms with Crippen molar-refractivity contribution < 1.29 is 9.42 Å². The lowest BCUT2D eigenvalue weighted by atomic mass is 10.0. The molecule has 0 saturated carbocycles. The summed E-state index contributed by atoms with van der Waals surface area (Å²) in [5.74, 6) is -0.0510. The first-order valence-corrected chi connectivity index (χ1v) is 5.92. The number of carbonyl (C=O) groups excluding carboxylic acids is 1. The molecular formula is C13H16N4O2. The van der Waals surface area contributed by atoms with Crippen LogP contribution in [0.2, 0.25) is 0 Å². The Morgan fingerprint density at radius 3 is 2.42 bits per heavy atom. The number of amides is 1. The zero-order valence-corrected chi connectivity index (χ0v) is 11.2. The third kappa shape index (κ3) is 2.90. The van der Waals surface area contributed by atoms with Gasteiger partial charge >= 0.3 is 0 Å². The Bertz CT molecular complexity index is 596. The maximum Gasteiger partial charge on any atom is 0.230 e. The molecule has 6 heteroatoms. The van der Waals surface area contributed by atoms with E-state index in [0.717, 1.165) is 22.4 Å². The summed E-state index contributed by atoms with van der Waals surface area (Å²) in [6.07, 6.45) is 0.0437. The lowest BCUT2D eigenvalue weighted by Crippen LogP contribution is -2.17. The van der Waals surface area contributed by atoms with Crippen LogP contribution in [-0.2, 0) is 11.2 Å². The summed E-state index contributed by atoms with van der Waals surface area (Å²) >= 11 is 0. The molecule has 1 heterocycles. The second kappa shape index (κ2) is 5.09. The van der Waals surface area contributed by atoms with Gasteiger partial charge in [0.2, 0.25) is 5.91 Å². The summed E-state index contributed by atoms with van der Waals surface area (Å²) in [6, 6.07) is 4.04. The summed E-state index contributed by atoms with van der Waals surface area (Å²) in [6.45, 7) is 5.94. The van der Waals surface area contributed by atoms with Gasteiger partial charge in [0.15, 0.2) is 5.82 Å². The van der Waals surface area contributed by atoms with Gasteiger partial charge in [0.25, 0.3) is 0 Å². The number of nitrogens with one attached hydrogen (secondary N) is 1. The van der Waals surface area contributed by atoms with E-state index in [2.05, 4.69) is 20.3 Å². The highest BCUT2D eigenvalue weighted by Crippen LogP contribution is 2.22. The van der Waals surface area contributed by atoms with Crippen LogP contribution in [0.25, 0.3) is 0 Å². The number of nitrogen functional groups attached to an aromatic ring is 1. The second-order valence-electron chi connectivity index (χ2n) is 4.59. The molecule has 0 spiro atoms. The van der Waals surface area contributed by atoms with Crippen LogP contribution < -0.4 is 11.1 Å². The molecule has 2 aromatic rings. The topological polar surface area (TPSA) is 94.0 Å². The van der Waals surface area contributed by atoms with Crippen molar-refractivity contribution in [3.8, 4) is 0 Å². The van der Waals surface area contributed by atoms with E-state index in [1.807, 2.05) is 32.9 Å². The highest BCUT2D eigenvalue weighted by Gasteiger charge is 2.13. The SMILES string of the molecule is Cc1cc(C)c(NC(=O)Cc2nonc2N)c(C)c1. The highest BCUT2D eigenvalue weighted by atomic mass is 16.6. The quantitative estimate of drug-likeness (QED) is 0.876. The van der Waals surface area contributed by atoms with Gasteiger partial charge in [-0.25, -0.2) is 4.63 Å². The standard InChI is InChI=1S/C13H16N4O2/c1-7-4-8(2)12(9(3)5-7)15-11(18)6-10-13(14)17-19-16-10/h4-5H,6H2,1-3H3,(H2,14,17)(H,15,18). The average Bonchev–Trinajstić information content (AvgIpc) is 2.69. The number of nitrogens with zero attached hydrogens (tertiary/aromatic N) is 2. The summed E-state index contributed by atoms with van der Waals surface area (Å²) in [5, 5.41) is 9.89. The van der Waals surface area contributed by atoms with E-state index in [4.69, 9.17) is 5.73 Å².